The number of nitrogens with one attached hydrogen (secondary N) is 1. The molecule has 1 fully saturated rings. The van der Waals surface area contributed by atoms with E-state index in [-0.39, 0.29) is 6.04 Å². The highest BCUT2D eigenvalue weighted by molar-refractivity contribution is 9.10. The Bertz CT molecular complexity index is 1140. The van der Waals surface area contributed by atoms with Crippen LogP contribution in [0.15, 0.2) is 76.1 Å². The summed E-state index contributed by atoms with van der Waals surface area (Å²) in [5.41, 5.74) is 1.30. The first-order valence-corrected chi connectivity index (χ1v) is 12.9. The molecule has 1 atom stereocenters. The lowest BCUT2D eigenvalue weighted by Gasteiger charge is -2.36. The standard InChI is InChI=1S/C24H28BrN3O2S/c1-19(26-31(29,30)24-10-9-21-6-2-3-7-22(21)16-24)17-27-11-13-28(14-12-27)18-20-5-4-8-23(25)15-20/h2-10,15-16,19,26H,11-14,17-18H2,1H3/t19-/m1/s1. The van der Waals surface area contributed by atoms with Gasteiger partial charge in [0.25, 0.3) is 0 Å². The van der Waals surface area contributed by atoms with E-state index >= 15 is 0 Å². The first kappa shape index (κ1) is 22.4. The highest BCUT2D eigenvalue weighted by Gasteiger charge is 2.22. The van der Waals surface area contributed by atoms with Crippen LogP contribution < -0.4 is 4.72 Å². The van der Waals surface area contributed by atoms with E-state index in [0.29, 0.717) is 11.4 Å². The molecule has 3 aromatic carbocycles. The van der Waals surface area contributed by atoms with Crippen molar-refractivity contribution >= 4 is 36.7 Å². The van der Waals surface area contributed by atoms with Gasteiger partial charge in [0.1, 0.15) is 0 Å². The van der Waals surface area contributed by atoms with Crippen molar-refractivity contribution in [3.05, 3.63) is 76.8 Å². The Morgan fingerprint density at radius 2 is 1.61 bits per heavy atom. The Labute approximate surface area is 193 Å². The molecule has 7 heteroatoms. The maximum atomic E-state index is 12.9. The highest BCUT2D eigenvalue weighted by atomic mass is 79.9. The van der Waals surface area contributed by atoms with Gasteiger partial charge in [-0.1, -0.05) is 58.4 Å². The number of benzene rings is 3. The number of hydrogen-bond acceptors (Lipinski definition) is 4. The zero-order valence-electron chi connectivity index (χ0n) is 17.7. The fourth-order valence-electron chi connectivity index (χ4n) is 4.12. The van der Waals surface area contributed by atoms with E-state index < -0.39 is 10.0 Å². The van der Waals surface area contributed by atoms with Crippen molar-refractivity contribution in [2.24, 2.45) is 0 Å². The molecule has 0 amide bonds. The molecule has 1 aliphatic rings. The van der Waals surface area contributed by atoms with Crippen LogP contribution in [0, 0.1) is 0 Å². The third-order valence-corrected chi connectivity index (χ3v) is 7.76. The predicted molar refractivity (Wildman–Crippen MR) is 130 cm³/mol. The van der Waals surface area contributed by atoms with Crippen molar-refractivity contribution in [1.29, 1.82) is 0 Å². The molecule has 1 N–H and O–H groups in total. The lowest BCUT2D eigenvalue weighted by molar-refractivity contribution is 0.122. The van der Waals surface area contributed by atoms with Crippen LogP contribution in [0.2, 0.25) is 0 Å². The summed E-state index contributed by atoms with van der Waals surface area (Å²) in [5.74, 6) is 0. The van der Waals surface area contributed by atoms with Gasteiger partial charge in [-0.05, 0) is 47.5 Å². The Hall–Kier alpha value is -1.77. The van der Waals surface area contributed by atoms with E-state index in [0.717, 1.165) is 48.0 Å². The highest BCUT2D eigenvalue weighted by Crippen LogP contribution is 2.19. The summed E-state index contributed by atoms with van der Waals surface area (Å²) >= 11 is 3.53. The van der Waals surface area contributed by atoms with Crippen LogP contribution in [0.5, 0.6) is 0 Å². The van der Waals surface area contributed by atoms with Crippen molar-refractivity contribution in [2.45, 2.75) is 24.4 Å². The van der Waals surface area contributed by atoms with E-state index in [2.05, 4.69) is 48.7 Å². The zero-order chi connectivity index (χ0) is 21.8. The molecule has 1 aliphatic heterocycles. The summed E-state index contributed by atoms with van der Waals surface area (Å²) in [6, 6.07) is 21.3. The van der Waals surface area contributed by atoms with Gasteiger partial charge in [-0.25, -0.2) is 13.1 Å². The summed E-state index contributed by atoms with van der Waals surface area (Å²) in [6.45, 7) is 7.43. The molecule has 0 unspecified atom stereocenters. The fraction of sp³-hybridized carbons (Fsp3) is 0.333. The minimum atomic E-state index is -3.55. The Kier molecular flexibility index (Phi) is 7.08. The smallest absolute Gasteiger partial charge is 0.240 e. The van der Waals surface area contributed by atoms with E-state index in [1.807, 2.05) is 43.3 Å². The Balaban J connectivity index is 1.30. The van der Waals surface area contributed by atoms with Gasteiger partial charge < -0.3 is 0 Å². The maximum absolute atomic E-state index is 12.9. The van der Waals surface area contributed by atoms with Crippen molar-refractivity contribution in [2.75, 3.05) is 32.7 Å². The summed E-state index contributed by atoms with van der Waals surface area (Å²) in [6.07, 6.45) is 0. The van der Waals surface area contributed by atoms with E-state index in [1.54, 1.807) is 12.1 Å². The summed E-state index contributed by atoms with van der Waals surface area (Å²) in [4.78, 5) is 5.10. The van der Waals surface area contributed by atoms with E-state index in [9.17, 15) is 8.42 Å². The first-order chi connectivity index (χ1) is 14.9. The number of sulfonamides is 1. The van der Waals surface area contributed by atoms with Gasteiger partial charge in [0.15, 0.2) is 0 Å². The van der Waals surface area contributed by atoms with Crippen LogP contribution in [0.1, 0.15) is 12.5 Å². The number of fused-ring (bicyclic) bond motifs is 1. The zero-order valence-corrected chi connectivity index (χ0v) is 20.1. The number of halogens is 1. The van der Waals surface area contributed by atoms with Gasteiger partial charge in [-0.3, -0.25) is 9.80 Å². The van der Waals surface area contributed by atoms with Crippen molar-refractivity contribution in [3.63, 3.8) is 0 Å². The molecule has 0 bridgehead atoms. The summed E-state index contributed by atoms with van der Waals surface area (Å²) < 4.78 is 29.7. The molecule has 31 heavy (non-hydrogen) atoms. The minimum Gasteiger partial charge on any atom is -0.299 e. The first-order valence-electron chi connectivity index (χ1n) is 10.6. The minimum absolute atomic E-state index is 0.159. The molecule has 1 saturated heterocycles. The van der Waals surface area contributed by atoms with Gasteiger partial charge in [0.2, 0.25) is 10.0 Å². The molecule has 0 aliphatic carbocycles. The van der Waals surface area contributed by atoms with E-state index in [4.69, 9.17) is 0 Å². The SMILES string of the molecule is C[C@H](CN1CCN(Cc2cccc(Br)c2)CC1)NS(=O)(=O)c1ccc2ccccc2c1. The number of hydrogen-bond donors (Lipinski definition) is 1. The lowest BCUT2D eigenvalue weighted by Crippen LogP contribution is -2.50. The maximum Gasteiger partial charge on any atom is 0.240 e. The molecule has 3 aromatic rings. The van der Waals surface area contributed by atoms with Crippen LogP contribution in [-0.2, 0) is 16.6 Å². The summed E-state index contributed by atoms with van der Waals surface area (Å²) in [5, 5.41) is 1.97. The topological polar surface area (TPSA) is 52.6 Å². The third kappa shape index (κ3) is 5.93. The van der Waals surface area contributed by atoms with Crippen LogP contribution in [-0.4, -0.2) is 57.0 Å². The fourth-order valence-corrected chi connectivity index (χ4v) is 5.83. The molecular weight excluding hydrogens is 474 g/mol. The van der Waals surface area contributed by atoms with Gasteiger partial charge >= 0.3 is 0 Å². The van der Waals surface area contributed by atoms with Crippen LogP contribution >= 0.6 is 15.9 Å². The Morgan fingerprint density at radius 3 is 2.35 bits per heavy atom. The molecule has 0 saturated carbocycles. The van der Waals surface area contributed by atoms with Gasteiger partial charge in [-0.15, -0.1) is 0 Å². The lowest BCUT2D eigenvalue weighted by atomic mass is 10.1. The van der Waals surface area contributed by atoms with Gasteiger partial charge in [0, 0.05) is 49.8 Å². The number of piperazine rings is 1. The second-order valence-corrected chi connectivity index (χ2v) is 10.9. The quantitative estimate of drug-likeness (QED) is 0.529. The number of rotatable bonds is 7. The average molecular weight is 502 g/mol. The molecule has 0 radical (unpaired) electrons. The third-order valence-electron chi connectivity index (χ3n) is 5.68. The molecule has 164 valence electrons. The molecule has 0 aromatic heterocycles. The van der Waals surface area contributed by atoms with Crippen LogP contribution in [0.4, 0.5) is 0 Å². The molecule has 1 heterocycles. The molecule has 4 rings (SSSR count). The normalized spacial score (nSPS) is 17.1. The van der Waals surface area contributed by atoms with Crippen LogP contribution in [0.3, 0.4) is 0 Å². The molecule has 0 spiro atoms. The summed E-state index contributed by atoms with van der Waals surface area (Å²) in [7, 11) is -3.55. The molecule has 5 nitrogen and oxygen atoms in total. The second kappa shape index (κ2) is 9.79. The van der Waals surface area contributed by atoms with Crippen LogP contribution in [0.25, 0.3) is 10.8 Å². The average Bonchev–Trinajstić information content (AvgIpc) is 2.74. The predicted octanol–water partition coefficient (Wildman–Crippen LogP) is 4.09. The second-order valence-electron chi connectivity index (χ2n) is 8.24. The number of nitrogens with zero attached hydrogens (tertiary/aromatic N) is 2. The van der Waals surface area contributed by atoms with Crippen molar-refractivity contribution < 1.29 is 8.42 Å². The Morgan fingerprint density at radius 1 is 0.903 bits per heavy atom. The monoisotopic (exact) mass is 501 g/mol. The van der Waals surface area contributed by atoms with Crippen molar-refractivity contribution in [3.8, 4) is 0 Å². The van der Waals surface area contributed by atoms with E-state index in [1.165, 1.54) is 5.56 Å². The van der Waals surface area contributed by atoms with Gasteiger partial charge in [-0.2, -0.15) is 0 Å². The molecular formula is C24H28BrN3O2S. The largest absolute Gasteiger partial charge is 0.299 e. The van der Waals surface area contributed by atoms with Gasteiger partial charge in [0.05, 0.1) is 4.90 Å². The van der Waals surface area contributed by atoms with Crippen molar-refractivity contribution in [1.82, 2.24) is 14.5 Å².